The van der Waals surface area contributed by atoms with Crippen LogP contribution in [0.3, 0.4) is 0 Å². The molecule has 6 nitrogen and oxygen atoms in total. The summed E-state index contributed by atoms with van der Waals surface area (Å²) < 4.78 is 1.80. The second-order valence-electron chi connectivity index (χ2n) is 3.86. The highest BCUT2D eigenvalue weighted by Crippen LogP contribution is 2.11. The van der Waals surface area contributed by atoms with Crippen molar-refractivity contribution in [3.8, 4) is 0 Å². The number of amides is 1. The van der Waals surface area contributed by atoms with E-state index in [1.54, 1.807) is 10.6 Å². The van der Waals surface area contributed by atoms with E-state index in [2.05, 4.69) is 15.3 Å². The zero-order chi connectivity index (χ0) is 13.0. The Kier molecular flexibility index (Phi) is 3.69. The van der Waals surface area contributed by atoms with Gasteiger partial charge < -0.3 is 15.0 Å². The predicted octanol–water partition coefficient (Wildman–Crippen LogP) is 0.278. The minimum absolute atomic E-state index is 0.132. The third-order valence-corrected chi connectivity index (χ3v) is 2.58. The summed E-state index contributed by atoms with van der Waals surface area (Å²) in [5.74, 6) is -0.351. The largest absolute Gasteiger partial charge is 0.385 e. The van der Waals surface area contributed by atoms with Crippen LogP contribution in [-0.4, -0.2) is 32.1 Å². The lowest BCUT2D eigenvalue weighted by Crippen LogP contribution is -2.29. The summed E-state index contributed by atoms with van der Waals surface area (Å²) in [5.41, 5.74) is 0.978. The van der Waals surface area contributed by atoms with Gasteiger partial charge in [0.05, 0.1) is 6.20 Å². The van der Waals surface area contributed by atoms with Gasteiger partial charge in [-0.1, -0.05) is 0 Å². The van der Waals surface area contributed by atoms with Crippen molar-refractivity contribution in [3.63, 3.8) is 0 Å². The van der Waals surface area contributed by atoms with Gasteiger partial charge in [0.15, 0.2) is 0 Å². The van der Waals surface area contributed by atoms with Crippen LogP contribution in [0.15, 0.2) is 36.9 Å². The minimum Gasteiger partial charge on any atom is -0.385 e. The lowest BCUT2D eigenvalue weighted by molar-refractivity contribution is 0.0907. The number of carbonyl (C=O) groups excluding carboxylic acids is 1. The Hall–Kier alpha value is -2.21. The SMILES string of the molecule is Cn1cccc1C(O)CNC(=O)c1cnccn1. The molecule has 2 N–H and O–H groups in total. The Bertz CT molecular complexity index is 524. The van der Waals surface area contributed by atoms with Gasteiger partial charge in [-0.2, -0.15) is 0 Å². The Labute approximate surface area is 104 Å². The summed E-state index contributed by atoms with van der Waals surface area (Å²) in [5, 5.41) is 12.5. The second-order valence-corrected chi connectivity index (χ2v) is 3.86. The van der Waals surface area contributed by atoms with Gasteiger partial charge >= 0.3 is 0 Å². The van der Waals surface area contributed by atoms with E-state index < -0.39 is 6.10 Å². The molecule has 0 aromatic carbocycles. The summed E-state index contributed by atoms with van der Waals surface area (Å²) in [7, 11) is 1.84. The van der Waals surface area contributed by atoms with Gasteiger partial charge in [-0.25, -0.2) is 4.98 Å². The van der Waals surface area contributed by atoms with E-state index in [1.165, 1.54) is 18.6 Å². The van der Waals surface area contributed by atoms with Gasteiger partial charge in [-0.05, 0) is 12.1 Å². The number of aryl methyl sites for hydroxylation is 1. The number of rotatable bonds is 4. The van der Waals surface area contributed by atoms with Crippen LogP contribution in [0.2, 0.25) is 0 Å². The number of carbonyl (C=O) groups is 1. The molecule has 94 valence electrons. The summed E-state index contributed by atoms with van der Waals surface area (Å²) in [6.07, 6.45) is 5.41. The normalized spacial score (nSPS) is 12.1. The van der Waals surface area contributed by atoms with Crippen LogP contribution in [0.1, 0.15) is 22.3 Å². The van der Waals surface area contributed by atoms with Crippen LogP contribution in [0.25, 0.3) is 0 Å². The van der Waals surface area contributed by atoms with Gasteiger partial charge in [0, 0.05) is 37.9 Å². The second kappa shape index (κ2) is 5.42. The Morgan fingerprint density at radius 2 is 2.39 bits per heavy atom. The molecule has 0 bridgehead atoms. The Morgan fingerprint density at radius 3 is 3.00 bits per heavy atom. The maximum atomic E-state index is 11.7. The maximum absolute atomic E-state index is 11.7. The summed E-state index contributed by atoms with van der Waals surface area (Å²) in [6.45, 7) is 0.132. The van der Waals surface area contributed by atoms with E-state index in [0.717, 1.165) is 5.69 Å². The zero-order valence-electron chi connectivity index (χ0n) is 9.95. The molecule has 1 unspecified atom stereocenters. The number of aliphatic hydroxyl groups excluding tert-OH is 1. The van der Waals surface area contributed by atoms with Crippen molar-refractivity contribution in [2.75, 3.05) is 6.54 Å². The molecule has 6 heteroatoms. The average molecular weight is 246 g/mol. The van der Waals surface area contributed by atoms with E-state index in [1.807, 2.05) is 19.3 Å². The van der Waals surface area contributed by atoms with Gasteiger partial charge in [0.25, 0.3) is 5.91 Å². The molecule has 0 radical (unpaired) electrons. The molecule has 0 spiro atoms. The molecule has 18 heavy (non-hydrogen) atoms. The van der Waals surface area contributed by atoms with Crippen LogP contribution in [0.4, 0.5) is 0 Å². The van der Waals surface area contributed by atoms with Crippen LogP contribution in [0.5, 0.6) is 0 Å². The first-order valence-corrected chi connectivity index (χ1v) is 5.52. The highest BCUT2D eigenvalue weighted by Gasteiger charge is 2.13. The fraction of sp³-hybridized carbons (Fsp3) is 0.250. The number of hydrogen-bond donors (Lipinski definition) is 2. The van der Waals surface area contributed by atoms with Crippen molar-refractivity contribution in [3.05, 3.63) is 48.3 Å². The minimum atomic E-state index is -0.745. The molecule has 2 rings (SSSR count). The van der Waals surface area contributed by atoms with Gasteiger partial charge in [0.2, 0.25) is 0 Å². The van der Waals surface area contributed by atoms with E-state index in [9.17, 15) is 9.90 Å². The van der Waals surface area contributed by atoms with E-state index in [0.29, 0.717) is 0 Å². The summed E-state index contributed by atoms with van der Waals surface area (Å²) in [6, 6.07) is 3.64. The van der Waals surface area contributed by atoms with Crippen molar-refractivity contribution in [1.29, 1.82) is 0 Å². The van der Waals surface area contributed by atoms with Gasteiger partial charge in [0.1, 0.15) is 11.8 Å². The Morgan fingerprint density at radius 1 is 1.56 bits per heavy atom. The molecule has 2 aromatic heterocycles. The fourth-order valence-corrected chi connectivity index (χ4v) is 1.62. The van der Waals surface area contributed by atoms with Crippen LogP contribution in [-0.2, 0) is 7.05 Å². The molecular formula is C12H14N4O2. The first-order valence-electron chi connectivity index (χ1n) is 5.52. The van der Waals surface area contributed by atoms with E-state index in [-0.39, 0.29) is 18.1 Å². The van der Waals surface area contributed by atoms with Gasteiger partial charge in [-0.15, -0.1) is 0 Å². The number of nitrogens with one attached hydrogen (secondary N) is 1. The quantitative estimate of drug-likeness (QED) is 0.812. The van der Waals surface area contributed by atoms with E-state index >= 15 is 0 Å². The van der Waals surface area contributed by atoms with Crippen LogP contribution >= 0.6 is 0 Å². The fourth-order valence-electron chi connectivity index (χ4n) is 1.62. The monoisotopic (exact) mass is 246 g/mol. The number of aromatic nitrogens is 3. The third kappa shape index (κ3) is 2.72. The van der Waals surface area contributed by atoms with Crippen LogP contribution in [0, 0.1) is 0 Å². The molecule has 0 fully saturated rings. The molecular weight excluding hydrogens is 232 g/mol. The highest BCUT2D eigenvalue weighted by atomic mass is 16.3. The molecule has 2 aromatic rings. The average Bonchev–Trinajstić information content (AvgIpc) is 2.83. The van der Waals surface area contributed by atoms with Crippen LogP contribution < -0.4 is 5.32 Å². The van der Waals surface area contributed by atoms with E-state index in [4.69, 9.17) is 0 Å². The molecule has 0 aliphatic rings. The molecule has 0 saturated carbocycles. The first-order chi connectivity index (χ1) is 8.68. The van der Waals surface area contributed by atoms with Gasteiger partial charge in [-0.3, -0.25) is 9.78 Å². The lowest BCUT2D eigenvalue weighted by Gasteiger charge is -2.12. The maximum Gasteiger partial charge on any atom is 0.271 e. The third-order valence-electron chi connectivity index (χ3n) is 2.58. The first kappa shape index (κ1) is 12.3. The topological polar surface area (TPSA) is 80.0 Å². The predicted molar refractivity (Wildman–Crippen MR) is 64.7 cm³/mol. The number of nitrogens with zero attached hydrogens (tertiary/aromatic N) is 3. The van der Waals surface area contributed by atoms with Crippen molar-refractivity contribution < 1.29 is 9.90 Å². The number of hydrogen-bond acceptors (Lipinski definition) is 4. The van der Waals surface area contributed by atoms with Crippen molar-refractivity contribution in [2.45, 2.75) is 6.10 Å². The summed E-state index contributed by atoms with van der Waals surface area (Å²) >= 11 is 0. The highest BCUT2D eigenvalue weighted by molar-refractivity contribution is 5.91. The molecule has 1 amide bonds. The molecule has 0 aliphatic carbocycles. The van der Waals surface area contributed by atoms with Crippen molar-refractivity contribution in [2.24, 2.45) is 7.05 Å². The number of aliphatic hydroxyl groups is 1. The standard InChI is InChI=1S/C12H14N4O2/c1-16-6-2-3-10(16)11(17)8-15-12(18)9-7-13-4-5-14-9/h2-7,11,17H,8H2,1H3,(H,15,18). The molecule has 0 aliphatic heterocycles. The van der Waals surface area contributed by atoms with Crippen molar-refractivity contribution in [1.82, 2.24) is 19.9 Å². The molecule has 1 atom stereocenters. The lowest BCUT2D eigenvalue weighted by atomic mass is 10.2. The molecule has 0 saturated heterocycles. The van der Waals surface area contributed by atoms with Crippen molar-refractivity contribution >= 4 is 5.91 Å². The Balaban J connectivity index is 1.93. The zero-order valence-corrected chi connectivity index (χ0v) is 9.95. The summed E-state index contributed by atoms with van der Waals surface area (Å²) in [4.78, 5) is 19.4. The molecule has 2 heterocycles. The smallest absolute Gasteiger partial charge is 0.271 e.